The van der Waals surface area contributed by atoms with E-state index < -0.39 is 0 Å². The van der Waals surface area contributed by atoms with Gasteiger partial charge in [0.05, 0.1) is 6.20 Å². The summed E-state index contributed by atoms with van der Waals surface area (Å²) in [5.74, 6) is 0.690. The highest BCUT2D eigenvalue weighted by molar-refractivity contribution is 6.07. The van der Waals surface area contributed by atoms with Gasteiger partial charge in [0, 0.05) is 24.8 Å². The van der Waals surface area contributed by atoms with Crippen molar-refractivity contribution in [3.8, 4) is 16.9 Å². The van der Waals surface area contributed by atoms with Crippen LogP contribution in [0.4, 0.5) is 0 Å². The summed E-state index contributed by atoms with van der Waals surface area (Å²) >= 11 is 0. The molecule has 6 heteroatoms. The van der Waals surface area contributed by atoms with Crippen LogP contribution in [0.1, 0.15) is 16.9 Å². The summed E-state index contributed by atoms with van der Waals surface area (Å²) in [4.78, 5) is 19.4. The molecular formula is C20H20N4O2. The predicted octanol–water partition coefficient (Wildman–Crippen LogP) is 2.85. The molecule has 0 saturated heterocycles. The Balaban J connectivity index is 1.83. The average Bonchev–Trinajstić information content (AvgIpc) is 3.08. The molecule has 3 heterocycles. The van der Waals surface area contributed by atoms with Crippen molar-refractivity contribution in [3.63, 3.8) is 0 Å². The van der Waals surface area contributed by atoms with Crippen LogP contribution < -0.4 is 4.74 Å². The van der Waals surface area contributed by atoms with Crippen LogP contribution >= 0.6 is 0 Å². The van der Waals surface area contributed by atoms with Crippen LogP contribution in [0.3, 0.4) is 0 Å². The highest BCUT2D eigenvalue weighted by Gasteiger charge is 2.16. The van der Waals surface area contributed by atoms with Gasteiger partial charge in [-0.3, -0.25) is 4.79 Å². The molecule has 6 nitrogen and oxygen atoms in total. The zero-order chi connectivity index (χ0) is 18.1. The number of hydrogen-bond acceptors (Lipinski definition) is 5. The first-order valence-corrected chi connectivity index (χ1v) is 8.60. The number of aromatic nitrogens is 3. The maximum absolute atomic E-state index is 12.7. The van der Waals surface area contributed by atoms with Crippen LogP contribution in [0, 0.1) is 0 Å². The molecule has 1 aliphatic rings. The summed E-state index contributed by atoms with van der Waals surface area (Å²) in [6, 6.07) is 9.55. The number of fused-ring (bicyclic) bond motifs is 4. The fourth-order valence-corrected chi connectivity index (χ4v) is 3.00. The van der Waals surface area contributed by atoms with Crippen LogP contribution in [0.15, 0.2) is 54.9 Å². The topological polar surface area (TPSA) is 59.7 Å². The molecule has 0 aliphatic carbocycles. The molecule has 1 aliphatic heterocycles. The van der Waals surface area contributed by atoms with Gasteiger partial charge in [-0.05, 0) is 42.8 Å². The Morgan fingerprint density at radius 3 is 3.00 bits per heavy atom. The second-order valence-corrected chi connectivity index (χ2v) is 6.50. The summed E-state index contributed by atoms with van der Waals surface area (Å²) in [6.07, 6.45) is 4.12. The lowest BCUT2D eigenvalue weighted by Gasteiger charge is -2.17. The quantitative estimate of drug-likeness (QED) is 0.585. The standard InChI is InChI=1S/C20H20N4O2/c1-14-6-8-23(2)10-11-26-16-5-3-4-15(12-16)17-13-21-24-9-7-18(19(14)25)22-20(17)24/h3-5,7,9,12-13H,1,6,8,10-11H2,2H3. The van der Waals surface area contributed by atoms with Gasteiger partial charge in [0.2, 0.25) is 5.78 Å². The Bertz CT molecular complexity index is 992. The second-order valence-electron chi connectivity index (χ2n) is 6.50. The first kappa shape index (κ1) is 16.5. The highest BCUT2D eigenvalue weighted by atomic mass is 16.5. The van der Waals surface area contributed by atoms with Crippen molar-refractivity contribution >= 4 is 11.4 Å². The van der Waals surface area contributed by atoms with Gasteiger partial charge >= 0.3 is 0 Å². The summed E-state index contributed by atoms with van der Waals surface area (Å²) in [6.45, 7) is 6.05. The van der Waals surface area contributed by atoms with E-state index >= 15 is 0 Å². The van der Waals surface area contributed by atoms with Crippen LogP contribution in [-0.2, 0) is 0 Å². The van der Waals surface area contributed by atoms with Crippen LogP contribution in [0.2, 0.25) is 0 Å². The molecule has 0 spiro atoms. The van der Waals surface area contributed by atoms with E-state index in [0.717, 1.165) is 30.0 Å². The molecule has 0 amide bonds. The van der Waals surface area contributed by atoms with Crippen LogP contribution in [-0.4, -0.2) is 52.0 Å². The van der Waals surface area contributed by atoms with Crippen molar-refractivity contribution in [2.75, 3.05) is 26.7 Å². The lowest BCUT2D eigenvalue weighted by atomic mass is 10.1. The van der Waals surface area contributed by atoms with E-state index in [1.807, 2.05) is 31.3 Å². The number of Topliss-reactive ketones (excluding diaryl/α,β-unsaturated/α-hetero) is 1. The molecule has 4 bridgehead atoms. The zero-order valence-electron chi connectivity index (χ0n) is 14.7. The second kappa shape index (κ2) is 6.72. The Morgan fingerprint density at radius 2 is 2.12 bits per heavy atom. The molecule has 132 valence electrons. The Hall–Kier alpha value is -2.99. The van der Waals surface area contributed by atoms with Gasteiger partial charge in [0.25, 0.3) is 0 Å². The number of ether oxygens (including phenoxy) is 1. The summed E-state index contributed by atoms with van der Waals surface area (Å²) in [5.41, 5.74) is 3.42. The minimum atomic E-state index is -0.118. The number of nitrogens with zero attached hydrogens (tertiary/aromatic N) is 4. The van der Waals surface area contributed by atoms with Crippen molar-refractivity contribution in [1.29, 1.82) is 0 Å². The molecule has 0 radical (unpaired) electrons. The third-order valence-corrected chi connectivity index (χ3v) is 4.60. The highest BCUT2D eigenvalue weighted by Crippen LogP contribution is 2.27. The van der Waals surface area contributed by atoms with Crippen molar-refractivity contribution in [2.24, 2.45) is 0 Å². The van der Waals surface area contributed by atoms with Crippen molar-refractivity contribution in [3.05, 3.63) is 60.6 Å². The summed E-state index contributed by atoms with van der Waals surface area (Å²) < 4.78 is 7.56. The minimum absolute atomic E-state index is 0.118. The molecule has 0 fully saturated rings. The number of benzene rings is 1. The molecular weight excluding hydrogens is 328 g/mol. The van der Waals surface area contributed by atoms with Crippen LogP contribution in [0.5, 0.6) is 5.75 Å². The largest absolute Gasteiger partial charge is 0.492 e. The Morgan fingerprint density at radius 1 is 1.23 bits per heavy atom. The lowest BCUT2D eigenvalue weighted by Crippen LogP contribution is -2.26. The van der Waals surface area contributed by atoms with E-state index in [9.17, 15) is 4.79 Å². The van der Waals surface area contributed by atoms with E-state index in [-0.39, 0.29) is 5.78 Å². The number of hydrogen-bond donors (Lipinski definition) is 0. The monoisotopic (exact) mass is 348 g/mol. The van der Waals surface area contributed by atoms with Gasteiger partial charge in [0.15, 0.2) is 5.65 Å². The van der Waals surface area contributed by atoms with Gasteiger partial charge in [-0.15, -0.1) is 0 Å². The van der Waals surface area contributed by atoms with Gasteiger partial charge < -0.3 is 9.64 Å². The predicted molar refractivity (Wildman–Crippen MR) is 99.5 cm³/mol. The maximum atomic E-state index is 12.7. The fourth-order valence-electron chi connectivity index (χ4n) is 3.00. The normalized spacial score (nSPS) is 16.3. The van der Waals surface area contributed by atoms with Crippen molar-refractivity contribution in [1.82, 2.24) is 19.5 Å². The van der Waals surface area contributed by atoms with E-state index in [1.54, 1.807) is 23.0 Å². The number of likely N-dealkylation sites (N-methyl/N-ethyl adjacent to an activating group) is 1. The van der Waals surface area contributed by atoms with Gasteiger partial charge in [-0.2, -0.15) is 5.10 Å². The average molecular weight is 348 g/mol. The first-order chi connectivity index (χ1) is 12.6. The van der Waals surface area contributed by atoms with Gasteiger partial charge in [-0.25, -0.2) is 9.50 Å². The smallest absolute Gasteiger partial charge is 0.206 e. The molecule has 26 heavy (non-hydrogen) atoms. The summed E-state index contributed by atoms with van der Waals surface area (Å²) in [7, 11) is 2.01. The third-order valence-electron chi connectivity index (χ3n) is 4.60. The first-order valence-electron chi connectivity index (χ1n) is 8.60. The number of carbonyl (C=O) groups excluding carboxylic acids is 1. The SMILES string of the molecule is C=C1CCN(C)CCOc2cccc(c2)-c2cnn3ccc(nc23)C1=O. The number of rotatable bonds is 0. The van der Waals surface area contributed by atoms with Crippen molar-refractivity contribution in [2.45, 2.75) is 6.42 Å². The van der Waals surface area contributed by atoms with Crippen molar-refractivity contribution < 1.29 is 9.53 Å². The number of ketones is 1. The van der Waals surface area contributed by atoms with E-state index in [2.05, 4.69) is 21.6 Å². The maximum Gasteiger partial charge on any atom is 0.206 e. The zero-order valence-corrected chi connectivity index (χ0v) is 14.7. The molecule has 1 aromatic carbocycles. The fraction of sp³-hybridized carbons (Fsp3) is 0.250. The van der Waals surface area contributed by atoms with Crippen LogP contribution in [0.25, 0.3) is 16.8 Å². The van der Waals surface area contributed by atoms with Gasteiger partial charge in [0.1, 0.15) is 18.1 Å². The molecule has 4 rings (SSSR count). The molecule has 0 atom stereocenters. The van der Waals surface area contributed by atoms with Gasteiger partial charge in [-0.1, -0.05) is 18.7 Å². The Labute approximate surface area is 151 Å². The molecule has 2 aromatic heterocycles. The molecule has 3 aromatic rings. The van der Waals surface area contributed by atoms with E-state index in [1.165, 1.54) is 0 Å². The minimum Gasteiger partial charge on any atom is -0.492 e. The molecule has 0 unspecified atom stereocenters. The third kappa shape index (κ3) is 3.11. The molecule has 0 N–H and O–H groups in total. The number of carbonyl (C=O) groups is 1. The summed E-state index contributed by atoms with van der Waals surface area (Å²) in [5, 5.41) is 4.35. The Kier molecular flexibility index (Phi) is 4.26. The lowest BCUT2D eigenvalue weighted by molar-refractivity contribution is 0.102. The van der Waals surface area contributed by atoms with E-state index in [4.69, 9.17) is 4.74 Å². The van der Waals surface area contributed by atoms with E-state index in [0.29, 0.717) is 29.9 Å². The molecule has 0 saturated carbocycles.